The standard InChI is InChI=1S/C30H30N2O3/c33-29(31(23-26-13-6-2-7-14-26)20-18-25-11-4-1-5-12-25)19-21-32(24-27-15-8-3-9-16-27)30(34)28-17-10-22-35-28/h1-17,22H,18-21,23-24H2. The molecule has 4 aromatic rings. The minimum atomic E-state index is -0.217. The number of benzene rings is 3. The first-order valence-corrected chi connectivity index (χ1v) is 11.9. The van der Waals surface area contributed by atoms with Gasteiger partial charge in [-0.05, 0) is 35.2 Å². The summed E-state index contributed by atoms with van der Waals surface area (Å²) >= 11 is 0. The first kappa shape index (κ1) is 24.0. The highest BCUT2D eigenvalue weighted by Gasteiger charge is 2.21. The number of rotatable bonds is 11. The smallest absolute Gasteiger partial charge is 0.289 e. The molecule has 0 saturated heterocycles. The van der Waals surface area contributed by atoms with Gasteiger partial charge < -0.3 is 14.2 Å². The van der Waals surface area contributed by atoms with Gasteiger partial charge in [0.05, 0.1) is 6.26 Å². The first-order valence-electron chi connectivity index (χ1n) is 11.9. The van der Waals surface area contributed by atoms with Gasteiger partial charge in [0.25, 0.3) is 5.91 Å². The lowest BCUT2D eigenvalue weighted by Crippen LogP contribution is -2.37. The molecule has 4 rings (SSSR count). The molecule has 0 bridgehead atoms. The number of carbonyl (C=O) groups excluding carboxylic acids is 2. The highest BCUT2D eigenvalue weighted by Crippen LogP contribution is 2.14. The summed E-state index contributed by atoms with van der Waals surface area (Å²) in [6, 6.07) is 33.3. The van der Waals surface area contributed by atoms with Crippen LogP contribution in [-0.4, -0.2) is 34.7 Å². The van der Waals surface area contributed by atoms with Crippen LogP contribution < -0.4 is 0 Å². The Kier molecular flexibility index (Phi) is 8.49. The molecule has 0 unspecified atom stereocenters. The van der Waals surface area contributed by atoms with Crippen molar-refractivity contribution in [3.8, 4) is 0 Å². The highest BCUT2D eigenvalue weighted by atomic mass is 16.3. The number of hydrogen-bond donors (Lipinski definition) is 0. The normalized spacial score (nSPS) is 10.6. The molecule has 1 heterocycles. The van der Waals surface area contributed by atoms with Gasteiger partial charge in [-0.1, -0.05) is 91.0 Å². The minimum Gasteiger partial charge on any atom is -0.459 e. The van der Waals surface area contributed by atoms with Crippen LogP contribution in [0.4, 0.5) is 0 Å². The Bertz CT molecular complexity index is 1180. The van der Waals surface area contributed by atoms with Crippen molar-refractivity contribution in [2.75, 3.05) is 13.1 Å². The molecular weight excluding hydrogens is 436 g/mol. The van der Waals surface area contributed by atoms with E-state index in [9.17, 15) is 9.59 Å². The number of hydrogen-bond acceptors (Lipinski definition) is 3. The summed E-state index contributed by atoms with van der Waals surface area (Å²) in [5, 5.41) is 0. The summed E-state index contributed by atoms with van der Waals surface area (Å²) < 4.78 is 5.35. The van der Waals surface area contributed by atoms with Gasteiger partial charge in [-0.3, -0.25) is 9.59 Å². The maximum absolute atomic E-state index is 13.4. The quantitative estimate of drug-likeness (QED) is 0.290. The van der Waals surface area contributed by atoms with Gasteiger partial charge in [0.1, 0.15) is 0 Å². The van der Waals surface area contributed by atoms with Crippen LogP contribution in [0.15, 0.2) is 114 Å². The van der Waals surface area contributed by atoms with Crippen LogP contribution in [0.5, 0.6) is 0 Å². The van der Waals surface area contributed by atoms with Crippen molar-refractivity contribution < 1.29 is 14.0 Å². The zero-order valence-corrected chi connectivity index (χ0v) is 19.8. The summed E-state index contributed by atoms with van der Waals surface area (Å²) in [5.74, 6) is 0.0826. The Morgan fingerprint density at radius 2 is 1.14 bits per heavy atom. The second-order valence-corrected chi connectivity index (χ2v) is 8.48. The SMILES string of the molecule is O=C(CCN(Cc1ccccc1)C(=O)c1ccco1)N(CCc1ccccc1)Cc1ccccc1. The van der Waals surface area contributed by atoms with Gasteiger partial charge >= 0.3 is 0 Å². The average Bonchev–Trinajstić information content (AvgIpc) is 3.45. The van der Waals surface area contributed by atoms with Gasteiger partial charge in [-0.2, -0.15) is 0 Å². The summed E-state index contributed by atoms with van der Waals surface area (Å²) in [7, 11) is 0. The van der Waals surface area contributed by atoms with E-state index in [-0.39, 0.29) is 24.0 Å². The van der Waals surface area contributed by atoms with Crippen molar-refractivity contribution in [3.05, 3.63) is 132 Å². The topological polar surface area (TPSA) is 53.8 Å². The van der Waals surface area contributed by atoms with E-state index in [1.165, 1.54) is 11.8 Å². The van der Waals surface area contributed by atoms with E-state index in [1.807, 2.05) is 83.8 Å². The molecule has 178 valence electrons. The lowest BCUT2D eigenvalue weighted by molar-refractivity contribution is -0.132. The molecule has 0 aliphatic carbocycles. The van der Waals surface area contributed by atoms with Crippen molar-refractivity contribution in [2.24, 2.45) is 0 Å². The zero-order valence-electron chi connectivity index (χ0n) is 19.8. The summed E-state index contributed by atoms with van der Waals surface area (Å²) in [6.07, 6.45) is 2.50. The van der Waals surface area contributed by atoms with Crippen molar-refractivity contribution >= 4 is 11.8 Å². The molecule has 0 aliphatic heterocycles. The third-order valence-electron chi connectivity index (χ3n) is 5.91. The molecule has 35 heavy (non-hydrogen) atoms. The van der Waals surface area contributed by atoms with Crippen LogP contribution >= 0.6 is 0 Å². The second kappa shape index (κ2) is 12.4. The molecule has 0 fully saturated rings. The van der Waals surface area contributed by atoms with Gasteiger partial charge in [-0.25, -0.2) is 0 Å². The minimum absolute atomic E-state index is 0.0232. The third kappa shape index (κ3) is 7.18. The molecule has 0 atom stereocenters. The Labute approximate surface area is 206 Å². The number of carbonyl (C=O) groups is 2. The van der Waals surface area contributed by atoms with Crippen LogP contribution in [-0.2, 0) is 24.3 Å². The lowest BCUT2D eigenvalue weighted by Gasteiger charge is -2.26. The van der Waals surface area contributed by atoms with Crippen LogP contribution in [0.2, 0.25) is 0 Å². The number of furan rings is 1. The van der Waals surface area contributed by atoms with Crippen LogP contribution in [0.25, 0.3) is 0 Å². The first-order chi connectivity index (χ1) is 17.2. The molecule has 2 amide bonds. The van der Waals surface area contributed by atoms with E-state index in [0.717, 1.165) is 17.5 Å². The fourth-order valence-corrected chi connectivity index (χ4v) is 4.01. The molecule has 0 aliphatic rings. The Morgan fingerprint density at radius 3 is 1.69 bits per heavy atom. The highest BCUT2D eigenvalue weighted by molar-refractivity contribution is 5.91. The summed E-state index contributed by atoms with van der Waals surface area (Å²) in [5.41, 5.74) is 3.28. The second-order valence-electron chi connectivity index (χ2n) is 8.48. The molecule has 0 saturated carbocycles. The molecule has 3 aromatic carbocycles. The van der Waals surface area contributed by atoms with E-state index in [1.54, 1.807) is 17.0 Å². The molecule has 1 aromatic heterocycles. The number of nitrogens with zero attached hydrogens (tertiary/aromatic N) is 2. The molecule has 0 spiro atoms. The molecule has 5 nitrogen and oxygen atoms in total. The van der Waals surface area contributed by atoms with E-state index in [4.69, 9.17) is 4.42 Å². The maximum atomic E-state index is 13.4. The van der Waals surface area contributed by atoms with Gasteiger partial charge in [0.15, 0.2) is 5.76 Å². The fraction of sp³-hybridized carbons (Fsp3) is 0.200. The fourth-order valence-electron chi connectivity index (χ4n) is 4.01. The molecular formula is C30H30N2O3. The van der Waals surface area contributed by atoms with Crippen molar-refractivity contribution in [1.29, 1.82) is 0 Å². The van der Waals surface area contributed by atoms with E-state index in [0.29, 0.717) is 26.2 Å². The van der Waals surface area contributed by atoms with Crippen molar-refractivity contribution in [1.82, 2.24) is 9.80 Å². The van der Waals surface area contributed by atoms with Crippen LogP contribution in [0.1, 0.15) is 33.7 Å². The van der Waals surface area contributed by atoms with E-state index < -0.39 is 0 Å². The molecule has 0 N–H and O–H groups in total. The van der Waals surface area contributed by atoms with Gasteiger partial charge in [-0.15, -0.1) is 0 Å². The van der Waals surface area contributed by atoms with E-state index >= 15 is 0 Å². The summed E-state index contributed by atoms with van der Waals surface area (Å²) in [4.78, 5) is 30.1. The predicted molar refractivity (Wildman–Crippen MR) is 137 cm³/mol. The zero-order chi connectivity index (χ0) is 24.3. The number of amides is 2. The Hall–Kier alpha value is -4.12. The van der Waals surface area contributed by atoms with Crippen LogP contribution in [0, 0.1) is 0 Å². The average molecular weight is 467 g/mol. The summed E-state index contributed by atoms with van der Waals surface area (Å²) in [6.45, 7) is 1.88. The van der Waals surface area contributed by atoms with E-state index in [2.05, 4.69) is 12.1 Å². The van der Waals surface area contributed by atoms with Crippen molar-refractivity contribution in [3.63, 3.8) is 0 Å². The Balaban J connectivity index is 1.45. The third-order valence-corrected chi connectivity index (χ3v) is 5.91. The molecule has 5 heteroatoms. The van der Waals surface area contributed by atoms with Crippen molar-refractivity contribution in [2.45, 2.75) is 25.9 Å². The van der Waals surface area contributed by atoms with Gasteiger partial charge in [0, 0.05) is 32.6 Å². The Morgan fingerprint density at radius 1 is 0.600 bits per heavy atom. The lowest BCUT2D eigenvalue weighted by atomic mass is 10.1. The largest absolute Gasteiger partial charge is 0.459 e. The predicted octanol–water partition coefficient (Wildman–Crippen LogP) is 5.58. The molecule has 0 radical (unpaired) electrons. The maximum Gasteiger partial charge on any atom is 0.289 e. The monoisotopic (exact) mass is 466 g/mol. The van der Waals surface area contributed by atoms with Gasteiger partial charge in [0.2, 0.25) is 5.91 Å². The van der Waals surface area contributed by atoms with Crippen LogP contribution in [0.3, 0.4) is 0 Å².